The van der Waals surface area contributed by atoms with E-state index in [2.05, 4.69) is 11.9 Å². The summed E-state index contributed by atoms with van der Waals surface area (Å²) in [6.45, 7) is 7.04. The molecule has 1 atom stereocenters. The van der Waals surface area contributed by atoms with Gasteiger partial charge >= 0.3 is 11.7 Å². The molecule has 0 aliphatic carbocycles. The van der Waals surface area contributed by atoms with Crippen molar-refractivity contribution >= 4 is 17.6 Å². The monoisotopic (exact) mass is 322 g/mol. The number of benzene rings is 1. The molecule has 0 aromatic heterocycles. The Kier molecular flexibility index (Phi) is 6.72. The first kappa shape index (κ1) is 18.1. The number of ether oxygens (including phenoxy) is 2. The van der Waals surface area contributed by atoms with E-state index in [1.54, 1.807) is 6.92 Å². The van der Waals surface area contributed by atoms with Crippen LogP contribution in [0.15, 0.2) is 30.9 Å². The van der Waals surface area contributed by atoms with Crippen LogP contribution in [0.4, 0.5) is 5.69 Å². The minimum absolute atomic E-state index is 0.0384. The molecule has 0 saturated heterocycles. The van der Waals surface area contributed by atoms with Crippen molar-refractivity contribution in [2.24, 2.45) is 0 Å². The first-order valence-corrected chi connectivity index (χ1v) is 6.91. The number of nitro benzene ring substituents is 1. The van der Waals surface area contributed by atoms with Gasteiger partial charge in [-0.05, 0) is 26.0 Å². The van der Waals surface area contributed by atoms with Crippen LogP contribution >= 0.6 is 0 Å². The predicted octanol–water partition coefficient (Wildman–Crippen LogP) is 1.84. The zero-order chi connectivity index (χ0) is 17.4. The van der Waals surface area contributed by atoms with Crippen molar-refractivity contribution in [2.75, 3.05) is 13.2 Å². The van der Waals surface area contributed by atoms with Gasteiger partial charge in [0.05, 0.1) is 17.1 Å². The molecule has 0 saturated carbocycles. The van der Waals surface area contributed by atoms with Gasteiger partial charge in [-0.3, -0.25) is 14.9 Å². The summed E-state index contributed by atoms with van der Waals surface area (Å²) in [6.07, 6.45) is 0.454. The van der Waals surface area contributed by atoms with Crippen molar-refractivity contribution in [1.29, 1.82) is 0 Å². The number of hydrogen-bond donors (Lipinski definition) is 1. The molecule has 0 aliphatic rings. The van der Waals surface area contributed by atoms with Gasteiger partial charge in [0, 0.05) is 12.6 Å². The van der Waals surface area contributed by atoms with Gasteiger partial charge < -0.3 is 14.8 Å². The van der Waals surface area contributed by atoms with Crippen LogP contribution in [0.3, 0.4) is 0 Å². The summed E-state index contributed by atoms with van der Waals surface area (Å²) in [4.78, 5) is 34.0. The van der Waals surface area contributed by atoms with Crippen LogP contribution in [-0.2, 0) is 9.53 Å². The Bertz CT molecular complexity index is 614. The van der Waals surface area contributed by atoms with Crippen LogP contribution in [0.25, 0.3) is 0 Å². The molecule has 1 amide bonds. The summed E-state index contributed by atoms with van der Waals surface area (Å²) >= 11 is 0. The standard InChI is InChI=1S/C15H18N2O6/c1-4-8-16-14(18)10(3)23-15(19)11-6-7-13(22-5-2)12(9-11)17(20)21/h4,6-7,9-10H,1,5,8H2,2-3H3,(H,16,18)/t10-/m0/s1. The highest BCUT2D eigenvalue weighted by molar-refractivity contribution is 5.93. The fourth-order valence-electron chi connectivity index (χ4n) is 1.66. The number of nitrogens with zero attached hydrogens (tertiary/aromatic N) is 1. The molecular weight excluding hydrogens is 304 g/mol. The van der Waals surface area contributed by atoms with E-state index >= 15 is 0 Å². The van der Waals surface area contributed by atoms with Gasteiger partial charge in [-0.1, -0.05) is 6.08 Å². The number of hydrogen-bond acceptors (Lipinski definition) is 6. The van der Waals surface area contributed by atoms with E-state index < -0.39 is 22.9 Å². The Morgan fingerprint density at radius 1 is 1.48 bits per heavy atom. The highest BCUT2D eigenvalue weighted by Gasteiger charge is 2.22. The van der Waals surface area contributed by atoms with Crippen molar-refractivity contribution in [3.05, 3.63) is 46.5 Å². The van der Waals surface area contributed by atoms with E-state index in [-0.39, 0.29) is 30.2 Å². The number of esters is 1. The largest absolute Gasteiger partial charge is 0.487 e. The van der Waals surface area contributed by atoms with Crippen molar-refractivity contribution < 1.29 is 24.0 Å². The quantitative estimate of drug-likeness (QED) is 0.339. The van der Waals surface area contributed by atoms with E-state index in [0.717, 1.165) is 6.07 Å². The first-order chi connectivity index (χ1) is 10.9. The lowest BCUT2D eigenvalue weighted by Crippen LogP contribution is -2.35. The van der Waals surface area contributed by atoms with Gasteiger partial charge in [0.25, 0.3) is 5.91 Å². The fourth-order valence-corrected chi connectivity index (χ4v) is 1.66. The summed E-state index contributed by atoms with van der Waals surface area (Å²) in [6, 6.07) is 3.72. The molecule has 23 heavy (non-hydrogen) atoms. The molecule has 1 N–H and O–H groups in total. The second-order valence-electron chi connectivity index (χ2n) is 4.45. The molecule has 124 valence electrons. The average Bonchev–Trinajstić information content (AvgIpc) is 2.52. The third-order valence-corrected chi connectivity index (χ3v) is 2.76. The molecule has 1 aromatic carbocycles. The van der Waals surface area contributed by atoms with Crippen molar-refractivity contribution in [1.82, 2.24) is 5.32 Å². The lowest BCUT2D eigenvalue weighted by Gasteiger charge is -2.13. The van der Waals surface area contributed by atoms with Crippen molar-refractivity contribution in [3.8, 4) is 5.75 Å². The molecule has 0 heterocycles. The third kappa shape index (κ3) is 5.10. The van der Waals surface area contributed by atoms with E-state index in [4.69, 9.17) is 9.47 Å². The molecule has 0 bridgehead atoms. The molecule has 1 aromatic rings. The summed E-state index contributed by atoms with van der Waals surface area (Å²) in [5, 5.41) is 13.5. The van der Waals surface area contributed by atoms with Gasteiger partial charge in [0.2, 0.25) is 0 Å². The Balaban J connectivity index is 2.87. The number of nitro groups is 1. The molecule has 0 fully saturated rings. The number of rotatable bonds is 8. The lowest BCUT2D eigenvalue weighted by molar-refractivity contribution is -0.385. The second kappa shape index (κ2) is 8.52. The van der Waals surface area contributed by atoms with Crippen LogP contribution in [-0.4, -0.2) is 36.1 Å². The minimum Gasteiger partial charge on any atom is -0.487 e. The predicted molar refractivity (Wildman–Crippen MR) is 82.3 cm³/mol. The third-order valence-electron chi connectivity index (χ3n) is 2.76. The SMILES string of the molecule is C=CCNC(=O)[C@H](C)OC(=O)c1ccc(OCC)c([N+](=O)[O-])c1. The molecule has 0 unspecified atom stereocenters. The van der Waals surface area contributed by atoms with Crippen LogP contribution in [0.5, 0.6) is 5.75 Å². The molecule has 0 aliphatic heterocycles. The first-order valence-electron chi connectivity index (χ1n) is 6.91. The molecule has 8 nitrogen and oxygen atoms in total. The Morgan fingerprint density at radius 3 is 2.74 bits per heavy atom. The Labute approximate surface area is 133 Å². The van der Waals surface area contributed by atoms with Crippen molar-refractivity contribution in [3.63, 3.8) is 0 Å². The Morgan fingerprint density at radius 2 is 2.17 bits per heavy atom. The summed E-state index contributed by atoms with van der Waals surface area (Å²) in [7, 11) is 0. The molecule has 1 rings (SSSR count). The van der Waals surface area contributed by atoms with Crippen LogP contribution < -0.4 is 10.1 Å². The highest BCUT2D eigenvalue weighted by Crippen LogP contribution is 2.28. The smallest absolute Gasteiger partial charge is 0.339 e. The average molecular weight is 322 g/mol. The zero-order valence-corrected chi connectivity index (χ0v) is 12.9. The number of nitrogens with one attached hydrogen (secondary N) is 1. The highest BCUT2D eigenvalue weighted by atomic mass is 16.6. The maximum Gasteiger partial charge on any atom is 0.339 e. The van der Waals surface area contributed by atoms with E-state index in [1.807, 2.05) is 0 Å². The number of carbonyl (C=O) groups is 2. The zero-order valence-electron chi connectivity index (χ0n) is 12.9. The van der Waals surface area contributed by atoms with Crippen LogP contribution in [0.2, 0.25) is 0 Å². The molecule has 0 radical (unpaired) electrons. The second-order valence-corrected chi connectivity index (χ2v) is 4.45. The summed E-state index contributed by atoms with van der Waals surface area (Å²) in [5.74, 6) is -1.26. The van der Waals surface area contributed by atoms with Gasteiger partial charge in [-0.15, -0.1) is 6.58 Å². The van der Waals surface area contributed by atoms with Gasteiger partial charge in [0.1, 0.15) is 0 Å². The molecular formula is C15H18N2O6. The van der Waals surface area contributed by atoms with Gasteiger partial charge in [0.15, 0.2) is 11.9 Å². The lowest BCUT2D eigenvalue weighted by atomic mass is 10.2. The summed E-state index contributed by atoms with van der Waals surface area (Å²) < 4.78 is 10.1. The van der Waals surface area contributed by atoms with Crippen LogP contribution in [0, 0.1) is 10.1 Å². The normalized spacial score (nSPS) is 11.2. The van der Waals surface area contributed by atoms with Crippen LogP contribution in [0.1, 0.15) is 24.2 Å². The number of carbonyl (C=O) groups excluding carboxylic acids is 2. The van der Waals surface area contributed by atoms with Crippen molar-refractivity contribution in [2.45, 2.75) is 20.0 Å². The van der Waals surface area contributed by atoms with E-state index in [1.165, 1.54) is 25.1 Å². The maximum atomic E-state index is 12.0. The number of amides is 1. The Hall–Kier alpha value is -2.90. The molecule has 8 heteroatoms. The molecule has 0 spiro atoms. The van der Waals surface area contributed by atoms with Gasteiger partial charge in [-0.25, -0.2) is 4.79 Å². The van der Waals surface area contributed by atoms with E-state index in [9.17, 15) is 19.7 Å². The fraction of sp³-hybridized carbons (Fsp3) is 0.333. The minimum atomic E-state index is -1.03. The summed E-state index contributed by atoms with van der Waals surface area (Å²) in [5.41, 5.74) is -0.381. The van der Waals surface area contributed by atoms with Gasteiger partial charge in [-0.2, -0.15) is 0 Å². The van der Waals surface area contributed by atoms with E-state index in [0.29, 0.717) is 0 Å². The maximum absolute atomic E-state index is 12.0. The topological polar surface area (TPSA) is 108 Å².